The lowest BCUT2D eigenvalue weighted by molar-refractivity contribution is -0.138. The third-order valence-corrected chi connectivity index (χ3v) is 5.97. The molecular weight excluding hydrogens is 468 g/mol. The minimum absolute atomic E-state index is 0.0134. The zero-order valence-corrected chi connectivity index (χ0v) is 21.0. The van der Waals surface area contributed by atoms with Gasteiger partial charge in [-0.15, -0.1) is 11.3 Å². The Morgan fingerprint density at radius 3 is 2.40 bits per heavy atom. The van der Waals surface area contributed by atoms with Gasteiger partial charge in [0.1, 0.15) is 11.1 Å². The molecule has 0 aliphatic rings. The van der Waals surface area contributed by atoms with Crippen LogP contribution in [0.15, 0.2) is 46.2 Å². The molecule has 0 radical (unpaired) electrons. The van der Waals surface area contributed by atoms with Crippen LogP contribution in [0.25, 0.3) is 16.5 Å². The maximum Gasteiger partial charge on any atom is 0.359 e. The number of nitrogens with zero attached hydrogens (tertiary/aromatic N) is 3. The first-order valence-electron chi connectivity index (χ1n) is 11.0. The Labute approximate surface area is 206 Å². The van der Waals surface area contributed by atoms with E-state index in [0.29, 0.717) is 16.1 Å². The zero-order chi connectivity index (χ0) is 25.8. The predicted molar refractivity (Wildman–Crippen MR) is 134 cm³/mol. The Balaban J connectivity index is 2.18. The third-order valence-electron chi connectivity index (χ3n) is 5.06. The molecule has 0 saturated carbocycles. The Morgan fingerprint density at radius 2 is 1.83 bits per heavy atom. The molecule has 1 aromatic carbocycles. The second-order valence-corrected chi connectivity index (χ2v) is 9.35. The Morgan fingerprint density at radius 1 is 1.17 bits per heavy atom. The Bertz CT molecular complexity index is 1390. The molecule has 182 valence electrons. The van der Waals surface area contributed by atoms with Gasteiger partial charge in [0.2, 0.25) is 0 Å². The quantitative estimate of drug-likeness (QED) is 0.293. The summed E-state index contributed by atoms with van der Waals surface area (Å²) < 4.78 is 11.2. The molecule has 9 nitrogen and oxygen atoms in total. The van der Waals surface area contributed by atoms with Gasteiger partial charge >= 0.3 is 11.9 Å². The van der Waals surface area contributed by atoms with Crippen molar-refractivity contribution in [3.05, 3.63) is 63.0 Å². The largest absolute Gasteiger partial charge is 0.462 e. The van der Waals surface area contributed by atoms with Gasteiger partial charge in [0.05, 0.1) is 24.3 Å². The zero-order valence-electron chi connectivity index (χ0n) is 20.2. The summed E-state index contributed by atoms with van der Waals surface area (Å²) in [5.74, 6) is -1.45. The summed E-state index contributed by atoms with van der Waals surface area (Å²) in [6.45, 7) is 9.82. The van der Waals surface area contributed by atoms with Gasteiger partial charge < -0.3 is 14.8 Å². The highest BCUT2D eigenvalue weighted by molar-refractivity contribution is 7.16. The van der Waals surface area contributed by atoms with E-state index >= 15 is 0 Å². The van der Waals surface area contributed by atoms with Crippen LogP contribution in [0.1, 0.15) is 50.7 Å². The molecule has 0 aliphatic heterocycles. The first kappa shape index (κ1) is 25.6. The fourth-order valence-electron chi connectivity index (χ4n) is 3.27. The number of benzene rings is 1. The average Bonchev–Trinajstić information content (AvgIpc) is 3.24. The number of hydrogen-bond donors (Lipinski definition) is 1. The molecule has 0 saturated heterocycles. The predicted octanol–water partition coefficient (Wildman–Crippen LogP) is 4.30. The van der Waals surface area contributed by atoms with Gasteiger partial charge in [-0.2, -0.15) is 15.0 Å². The molecule has 3 aromatic rings. The fraction of sp³-hybridized carbons (Fsp3) is 0.320. The monoisotopic (exact) mass is 494 g/mol. The van der Waals surface area contributed by atoms with Crippen molar-refractivity contribution in [1.29, 1.82) is 5.26 Å². The molecule has 0 bridgehead atoms. The van der Waals surface area contributed by atoms with Crippen LogP contribution in [-0.2, 0) is 19.7 Å². The summed E-state index contributed by atoms with van der Waals surface area (Å²) in [6, 6.07) is 9.12. The number of fused-ring (bicyclic) bond motifs is 1. The van der Waals surface area contributed by atoms with Crippen LogP contribution in [-0.4, -0.2) is 34.9 Å². The number of thiophene rings is 1. The van der Waals surface area contributed by atoms with Gasteiger partial charge in [0.15, 0.2) is 11.3 Å². The summed E-state index contributed by atoms with van der Waals surface area (Å²) >= 11 is 1.14. The number of carbonyl (C=O) groups is 2. The standard InChI is InChI=1S/C25H26N4O5S/c1-6-33-23(31)15(12-26)13-27-21-19-18(14-35-21)20(24(32)34-7-2)28-29(22(19)30)17-10-8-16(9-11-17)25(3,4)5/h8-11,13-14,27H,6-7H2,1-5H3/b15-13+. The van der Waals surface area contributed by atoms with Gasteiger partial charge in [-0.3, -0.25) is 4.79 Å². The molecule has 0 atom stereocenters. The summed E-state index contributed by atoms with van der Waals surface area (Å²) in [5, 5.41) is 18.9. The van der Waals surface area contributed by atoms with Gasteiger partial charge in [-0.25, -0.2) is 9.59 Å². The van der Waals surface area contributed by atoms with Crippen molar-refractivity contribution in [2.45, 2.75) is 40.0 Å². The van der Waals surface area contributed by atoms with E-state index in [2.05, 4.69) is 31.2 Å². The summed E-state index contributed by atoms with van der Waals surface area (Å²) in [7, 11) is 0. The van der Waals surface area contributed by atoms with Gasteiger partial charge in [-0.1, -0.05) is 32.9 Å². The van der Waals surface area contributed by atoms with Gasteiger partial charge in [-0.05, 0) is 37.0 Å². The Hall–Kier alpha value is -3.97. The number of nitrogens with one attached hydrogen (secondary N) is 1. The number of carbonyl (C=O) groups excluding carboxylic acids is 2. The van der Waals surface area contributed by atoms with E-state index in [9.17, 15) is 19.6 Å². The number of aromatic nitrogens is 2. The number of ether oxygens (including phenoxy) is 2. The highest BCUT2D eigenvalue weighted by atomic mass is 32.1. The Kier molecular flexibility index (Phi) is 7.71. The number of hydrogen-bond acceptors (Lipinski definition) is 9. The first-order valence-corrected chi connectivity index (χ1v) is 11.9. The highest BCUT2D eigenvalue weighted by Crippen LogP contribution is 2.31. The lowest BCUT2D eigenvalue weighted by Crippen LogP contribution is -2.25. The van der Waals surface area contributed by atoms with Crippen molar-refractivity contribution in [2.75, 3.05) is 18.5 Å². The van der Waals surface area contributed by atoms with E-state index in [-0.39, 0.29) is 35.3 Å². The van der Waals surface area contributed by atoms with Crippen molar-refractivity contribution < 1.29 is 19.1 Å². The molecule has 1 N–H and O–H groups in total. The lowest BCUT2D eigenvalue weighted by atomic mass is 9.87. The molecule has 10 heteroatoms. The molecule has 0 aliphatic carbocycles. The van der Waals surface area contributed by atoms with Crippen LogP contribution in [0, 0.1) is 11.3 Å². The van der Waals surface area contributed by atoms with Crippen molar-refractivity contribution in [3.8, 4) is 11.8 Å². The van der Waals surface area contributed by atoms with Crippen molar-refractivity contribution in [1.82, 2.24) is 9.78 Å². The van der Waals surface area contributed by atoms with Crippen LogP contribution in [0.3, 0.4) is 0 Å². The van der Waals surface area contributed by atoms with Crippen LogP contribution in [0.5, 0.6) is 0 Å². The normalized spacial score (nSPS) is 11.7. The average molecular weight is 495 g/mol. The van der Waals surface area contributed by atoms with E-state index in [1.165, 1.54) is 6.20 Å². The molecule has 0 amide bonds. The van der Waals surface area contributed by atoms with E-state index in [1.54, 1.807) is 37.4 Å². The maximum absolute atomic E-state index is 13.5. The molecule has 2 aromatic heterocycles. The van der Waals surface area contributed by atoms with E-state index in [1.807, 2.05) is 12.1 Å². The summed E-state index contributed by atoms with van der Waals surface area (Å²) in [6.07, 6.45) is 1.18. The van der Waals surface area contributed by atoms with E-state index in [0.717, 1.165) is 21.6 Å². The number of esters is 2. The van der Waals surface area contributed by atoms with Crippen LogP contribution in [0.4, 0.5) is 5.00 Å². The molecular formula is C25H26N4O5S. The van der Waals surface area contributed by atoms with Crippen LogP contribution < -0.4 is 10.9 Å². The molecule has 2 heterocycles. The topological polar surface area (TPSA) is 123 Å². The van der Waals surface area contributed by atoms with Crippen molar-refractivity contribution >= 4 is 39.0 Å². The number of anilines is 1. The van der Waals surface area contributed by atoms with Crippen molar-refractivity contribution in [2.24, 2.45) is 0 Å². The lowest BCUT2D eigenvalue weighted by Gasteiger charge is -2.19. The minimum Gasteiger partial charge on any atom is -0.462 e. The molecule has 0 spiro atoms. The fourth-order valence-corrected chi connectivity index (χ4v) is 4.17. The van der Waals surface area contributed by atoms with E-state index < -0.39 is 17.5 Å². The smallest absolute Gasteiger partial charge is 0.359 e. The van der Waals surface area contributed by atoms with Crippen LogP contribution >= 0.6 is 11.3 Å². The summed E-state index contributed by atoms with van der Waals surface area (Å²) in [5.41, 5.74) is 0.736. The van der Waals surface area contributed by atoms with Crippen LogP contribution in [0.2, 0.25) is 0 Å². The highest BCUT2D eigenvalue weighted by Gasteiger charge is 2.23. The SMILES string of the molecule is CCOC(=O)/C(C#N)=C/Nc1scc2c(C(=O)OCC)nn(-c3ccc(C(C)(C)C)cc3)c(=O)c12. The summed E-state index contributed by atoms with van der Waals surface area (Å²) in [4.78, 5) is 38.1. The maximum atomic E-state index is 13.5. The third kappa shape index (κ3) is 5.41. The molecule has 3 rings (SSSR count). The van der Waals surface area contributed by atoms with E-state index in [4.69, 9.17) is 9.47 Å². The number of nitriles is 1. The molecule has 35 heavy (non-hydrogen) atoms. The second kappa shape index (κ2) is 10.5. The molecule has 0 unspecified atom stereocenters. The van der Waals surface area contributed by atoms with Gasteiger partial charge in [0.25, 0.3) is 5.56 Å². The molecule has 0 fully saturated rings. The minimum atomic E-state index is -0.784. The second-order valence-electron chi connectivity index (χ2n) is 8.47. The van der Waals surface area contributed by atoms with Crippen molar-refractivity contribution in [3.63, 3.8) is 0 Å². The number of rotatable bonds is 7. The first-order chi connectivity index (χ1) is 16.6. The van der Waals surface area contributed by atoms with Gasteiger partial charge in [0, 0.05) is 17.0 Å².